The minimum Gasteiger partial charge on any atom is -0.347 e. The van der Waals surface area contributed by atoms with Crippen molar-refractivity contribution in [2.75, 3.05) is 6.54 Å². The first-order valence-corrected chi connectivity index (χ1v) is 16.4. The van der Waals surface area contributed by atoms with Crippen LogP contribution in [0.15, 0.2) is 11.6 Å². The van der Waals surface area contributed by atoms with E-state index in [0.29, 0.717) is 32.1 Å². The smallest absolute Gasteiger partial charge is 0.347 e. The highest BCUT2D eigenvalue weighted by atomic mass is 19.4. The average molecular weight is 623 g/mol. The highest BCUT2D eigenvalue weighted by molar-refractivity contribution is 6.04. The number of nitrogens with zero attached hydrogens (tertiary/aromatic N) is 1. The number of hydrogen-bond acceptors (Lipinski definition) is 4. The lowest BCUT2D eigenvalue weighted by molar-refractivity contribution is -0.160. The third-order valence-electron chi connectivity index (χ3n) is 12.7. The summed E-state index contributed by atoms with van der Waals surface area (Å²) in [6, 6.07) is 2.13. The molecule has 5 nitrogen and oxygen atoms in total. The van der Waals surface area contributed by atoms with Crippen LogP contribution in [0.3, 0.4) is 0 Å². The van der Waals surface area contributed by atoms with Crippen molar-refractivity contribution in [3.05, 3.63) is 11.6 Å². The molecule has 0 spiro atoms. The number of hydrogen-bond donors (Lipinski definition) is 1. The summed E-state index contributed by atoms with van der Waals surface area (Å²) in [5, 5.41) is 12.1. The molecule has 0 aromatic carbocycles. The Kier molecular flexibility index (Phi) is 11.2. The van der Waals surface area contributed by atoms with E-state index < -0.39 is 40.3 Å². The predicted molar refractivity (Wildman–Crippen MR) is 168 cm³/mol. The summed E-state index contributed by atoms with van der Waals surface area (Å²) >= 11 is 0. The van der Waals surface area contributed by atoms with E-state index in [2.05, 4.69) is 59.9 Å². The molecule has 0 radical (unpaired) electrons. The van der Waals surface area contributed by atoms with Crippen molar-refractivity contribution < 1.29 is 27.6 Å². The van der Waals surface area contributed by atoms with Crippen LogP contribution in [-0.2, 0) is 14.4 Å². The van der Waals surface area contributed by atoms with Gasteiger partial charge >= 0.3 is 6.18 Å². The third kappa shape index (κ3) is 7.44. The maximum atomic E-state index is 13.5. The van der Waals surface area contributed by atoms with E-state index in [1.54, 1.807) is 13.8 Å². The maximum Gasteiger partial charge on any atom is 0.405 e. The van der Waals surface area contributed by atoms with E-state index in [4.69, 9.17) is 0 Å². The van der Waals surface area contributed by atoms with Crippen molar-refractivity contribution in [3.8, 4) is 6.07 Å². The molecule has 0 bridgehead atoms. The summed E-state index contributed by atoms with van der Waals surface area (Å²) in [5.41, 5.74) is -3.03. The van der Waals surface area contributed by atoms with Crippen LogP contribution >= 0.6 is 0 Å². The molecule has 0 saturated heterocycles. The van der Waals surface area contributed by atoms with Crippen molar-refractivity contribution in [2.45, 2.75) is 140 Å². The largest absolute Gasteiger partial charge is 0.405 e. The van der Waals surface area contributed by atoms with Crippen LogP contribution in [0.1, 0.15) is 134 Å². The van der Waals surface area contributed by atoms with Gasteiger partial charge in [-0.25, -0.2) is 0 Å². The van der Waals surface area contributed by atoms with Gasteiger partial charge in [-0.2, -0.15) is 18.4 Å². The summed E-state index contributed by atoms with van der Waals surface area (Å²) in [5.74, 6) is -0.901. The van der Waals surface area contributed by atoms with E-state index in [0.717, 1.165) is 25.7 Å². The molecule has 0 unspecified atom stereocenters. The van der Waals surface area contributed by atoms with Crippen LogP contribution < -0.4 is 5.32 Å². The second-order valence-electron chi connectivity index (χ2n) is 16.3. The topological polar surface area (TPSA) is 87.0 Å². The number of ketones is 2. The zero-order chi connectivity index (χ0) is 34.2. The molecule has 1 N–H and O–H groups in total. The number of rotatable bonds is 13. The quantitative estimate of drug-likeness (QED) is 0.222. The first kappa shape index (κ1) is 38.0. The average Bonchev–Trinajstić information content (AvgIpc) is 2.92. The maximum absolute atomic E-state index is 13.5. The van der Waals surface area contributed by atoms with Crippen molar-refractivity contribution in [1.29, 1.82) is 5.26 Å². The van der Waals surface area contributed by atoms with Gasteiger partial charge in [0.05, 0.1) is 5.57 Å². The van der Waals surface area contributed by atoms with E-state index in [1.165, 1.54) is 0 Å². The lowest BCUT2D eigenvalue weighted by Crippen LogP contribution is -2.60. The number of nitrogens with one attached hydrogen (secondary N) is 1. The SMILES string of the molecule is CCC(C)(C)CC[C@@](C)(CC[C@](C)(CC)[C@]1(C)CC[C@H]2C(C)(C)C(=O)C(C#N)=C[C@]2(C)[C@H]1CC(C)=O)C(=O)NCC(F)(F)F. The molecule has 2 aliphatic rings. The molecule has 8 heteroatoms. The second kappa shape index (κ2) is 12.9. The van der Waals surface area contributed by atoms with Crippen LogP contribution in [0.2, 0.25) is 0 Å². The van der Waals surface area contributed by atoms with Crippen LogP contribution in [-0.4, -0.2) is 30.2 Å². The van der Waals surface area contributed by atoms with E-state index >= 15 is 0 Å². The number of alkyl halides is 3. The lowest BCUT2D eigenvalue weighted by atomic mass is 9.39. The van der Waals surface area contributed by atoms with Crippen LogP contribution in [0.5, 0.6) is 0 Å². The van der Waals surface area contributed by atoms with E-state index in [-0.39, 0.29) is 39.8 Å². The molecule has 0 aromatic rings. The summed E-state index contributed by atoms with van der Waals surface area (Å²) in [6.45, 7) is 20.8. The number of carbonyl (C=O) groups is 3. The van der Waals surface area contributed by atoms with Gasteiger partial charge in [0.2, 0.25) is 5.91 Å². The molecule has 0 aliphatic heterocycles. The van der Waals surface area contributed by atoms with Gasteiger partial charge in [0.1, 0.15) is 18.4 Å². The number of halogens is 3. The molecule has 1 fully saturated rings. The fraction of sp³-hybridized carbons (Fsp3) is 0.833. The van der Waals surface area contributed by atoms with Gasteiger partial charge in [-0.1, -0.05) is 88.2 Å². The molecule has 2 aliphatic carbocycles. The molecule has 0 aromatic heterocycles. The Morgan fingerprint density at radius 3 is 2.05 bits per heavy atom. The summed E-state index contributed by atoms with van der Waals surface area (Å²) < 4.78 is 39.4. The van der Waals surface area contributed by atoms with Crippen LogP contribution in [0.25, 0.3) is 0 Å². The van der Waals surface area contributed by atoms with Crippen molar-refractivity contribution in [2.24, 2.45) is 44.3 Å². The number of Topliss-reactive ketones (excluding diaryl/α,β-unsaturated/α-hetero) is 2. The Hall–Kier alpha value is -2.17. The fourth-order valence-corrected chi connectivity index (χ4v) is 8.57. The molecule has 0 heterocycles. The first-order valence-electron chi connectivity index (χ1n) is 16.4. The van der Waals surface area contributed by atoms with Gasteiger partial charge in [-0.15, -0.1) is 0 Å². The number of amides is 1. The second-order valence-corrected chi connectivity index (χ2v) is 16.3. The Bertz CT molecular complexity index is 1180. The summed E-state index contributed by atoms with van der Waals surface area (Å²) in [7, 11) is 0. The van der Waals surface area contributed by atoms with Crippen LogP contribution in [0.4, 0.5) is 13.2 Å². The van der Waals surface area contributed by atoms with Gasteiger partial charge in [-0.05, 0) is 78.9 Å². The summed E-state index contributed by atoms with van der Waals surface area (Å²) in [4.78, 5) is 39.6. The predicted octanol–water partition coefficient (Wildman–Crippen LogP) is 9.16. The van der Waals surface area contributed by atoms with Gasteiger partial charge < -0.3 is 10.1 Å². The molecule has 44 heavy (non-hydrogen) atoms. The molecule has 1 saturated carbocycles. The fourth-order valence-electron chi connectivity index (χ4n) is 8.57. The van der Waals surface area contributed by atoms with Gasteiger partial charge in [0.15, 0.2) is 5.78 Å². The van der Waals surface area contributed by atoms with Crippen molar-refractivity contribution in [3.63, 3.8) is 0 Å². The van der Waals surface area contributed by atoms with Gasteiger partial charge in [-0.3, -0.25) is 9.59 Å². The Morgan fingerprint density at radius 2 is 1.57 bits per heavy atom. The Labute approximate surface area is 264 Å². The van der Waals surface area contributed by atoms with Gasteiger partial charge in [0.25, 0.3) is 0 Å². The number of nitriles is 1. The Morgan fingerprint density at radius 1 is 1.00 bits per heavy atom. The monoisotopic (exact) mass is 622 g/mol. The summed E-state index contributed by atoms with van der Waals surface area (Å²) in [6.07, 6.45) is 2.97. The minimum atomic E-state index is -4.50. The van der Waals surface area contributed by atoms with Crippen molar-refractivity contribution >= 4 is 17.5 Å². The minimum absolute atomic E-state index is 0.0429. The molecule has 250 valence electrons. The van der Waals surface area contributed by atoms with Crippen molar-refractivity contribution in [1.82, 2.24) is 5.32 Å². The van der Waals surface area contributed by atoms with E-state index in [1.807, 2.05) is 19.9 Å². The molecule has 1 amide bonds. The van der Waals surface area contributed by atoms with Crippen LogP contribution in [0, 0.1) is 55.7 Å². The normalized spacial score (nSPS) is 29.8. The highest BCUT2D eigenvalue weighted by Crippen LogP contribution is 2.68. The standard InChI is InChI=1S/C36H57F3N2O3/c1-12-30(4,5)16-17-32(8,29(44)41-23-36(37,38)39)18-19-33(9,13-2)35(11)15-14-26-31(6,7)28(43)25(22-40)21-34(26,10)27(35)20-24(3)42/h21,26-27H,12-20,23H2,1-11H3,(H,41,44)/t26-,27+,32-,33-,34-,35+/m0/s1. The first-order chi connectivity index (χ1) is 19.9. The number of carbonyl (C=O) groups excluding carboxylic acids is 3. The lowest BCUT2D eigenvalue weighted by Gasteiger charge is -2.65. The molecular formula is C36H57F3N2O3. The number of fused-ring (bicyclic) bond motifs is 1. The van der Waals surface area contributed by atoms with Gasteiger partial charge in [0, 0.05) is 17.3 Å². The zero-order valence-electron chi connectivity index (χ0n) is 29.1. The zero-order valence-corrected chi connectivity index (χ0v) is 29.1. The third-order valence-corrected chi connectivity index (χ3v) is 12.7. The highest BCUT2D eigenvalue weighted by Gasteiger charge is 2.64. The molecule has 6 atom stereocenters. The molecular weight excluding hydrogens is 565 g/mol. The Balaban J connectivity index is 2.59. The van der Waals surface area contributed by atoms with E-state index in [9.17, 15) is 32.8 Å². The molecule has 2 rings (SSSR count). The number of allylic oxidation sites excluding steroid dienone is 2.